The molecule has 5 nitrogen and oxygen atoms in total. The van der Waals surface area contributed by atoms with E-state index in [9.17, 15) is 4.79 Å². The van der Waals surface area contributed by atoms with Crippen LogP contribution in [0.3, 0.4) is 0 Å². The molecule has 0 aliphatic carbocycles. The average molecular weight is 186 g/mol. The number of hydrogen-bond acceptors (Lipinski definition) is 3. The molecule has 0 bridgehead atoms. The first-order valence-electron chi connectivity index (χ1n) is 4.11. The zero-order valence-corrected chi connectivity index (χ0v) is 7.74. The molecule has 0 fully saturated rings. The van der Waals surface area contributed by atoms with Gasteiger partial charge in [-0.15, -0.1) is 0 Å². The minimum absolute atomic E-state index is 0.130. The second-order valence-electron chi connectivity index (χ2n) is 3.09. The summed E-state index contributed by atoms with van der Waals surface area (Å²) in [4.78, 5) is 13.8. The van der Waals surface area contributed by atoms with Crippen LogP contribution in [0.5, 0.6) is 0 Å². The normalized spacial score (nSPS) is 13.2. The highest BCUT2D eigenvalue weighted by atomic mass is 16.3. The Morgan fingerprint density at radius 1 is 1.54 bits per heavy atom. The molecule has 0 amide bonds. The van der Waals surface area contributed by atoms with E-state index in [1.807, 2.05) is 0 Å². The van der Waals surface area contributed by atoms with E-state index in [4.69, 9.17) is 10.2 Å². The Morgan fingerprint density at radius 3 is 2.54 bits per heavy atom. The molecule has 0 aliphatic heterocycles. The first-order chi connectivity index (χ1) is 6.06. The average Bonchev–Trinajstić information content (AvgIpc) is 2.32. The summed E-state index contributed by atoms with van der Waals surface area (Å²) < 4.78 is 1.41. The lowest BCUT2D eigenvalue weighted by molar-refractivity contribution is 0.0800. The van der Waals surface area contributed by atoms with Gasteiger partial charge >= 0.3 is 5.69 Å². The van der Waals surface area contributed by atoms with Crippen LogP contribution in [0.25, 0.3) is 0 Å². The number of imidazole rings is 1. The summed E-state index contributed by atoms with van der Waals surface area (Å²) in [6, 6.07) is 0. The molecule has 1 heterocycles. The summed E-state index contributed by atoms with van der Waals surface area (Å²) in [7, 11) is 0. The molecule has 13 heavy (non-hydrogen) atoms. The lowest BCUT2D eigenvalue weighted by Crippen LogP contribution is -2.27. The number of H-pyrrole nitrogens is 1. The van der Waals surface area contributed by atoms with Crippen molar-refractivity contribution in [1.29, 1.82) is 0 Å². The fourth-order valence-corrected chi connectivity index (χ4v) is 1.16. The lowest BCUT2D eigenvalue weighted by Gasteiger charge is -2.08. The van der Waals surface area contributed by atoms with Crippen molar-refractivity contribution in [2.24, 2.45) is 0 Å². The van der Waals surface area contributed by atoms with Gasteiger partial charge in [0.1, 0.15) is 0 Å². The Kier molecular flexibility index (Phi) is 2.90. The SMILES string of the molecule is Cc1[nH]c(=O)n(CC(O)CO)c1C. The number of hydrogen-bond donors (Lipinski definition) is 3. The number of rotatable bonds is 3. The second kappa shape index (κ2) is 3.76. The Hall–Kier alpha value is -1.07. The van der Waals surface area contributed by atoms with Gasteiger partial charge in [-0.3, -0.25) is 4.57 Å². The van der Waals surface area contributed by atoms with E-state index in [0.717, 1.165) is 11.4 Å². The Labute approximate surface area is 75.6 Å². The van der Waals surface area contributed by atoms with Crippen molar-refractivity contribution < 1.29 is 10.2 Å². The van der Waals surface area contributed by atoms with Gasteiger partial charge in [0.05, 0.1) is 19.3 Å². The van der Waals surface area contributed by atoms with Gasteiger partial charge in [-0.2, -0.15) is 0 Å². The molecule has 1 aromatic heterocycles. The number of aromatic nitrogens is 2. The van der Waals surface area contributed by atoms with Crippen molar-refractivity contribution in [3.63, 3.8) is 0 Å². The number of aliphatic hydroxyl groups excluding tert-OH is 2. The van der Waals surface area contributed by atoms with Crippen molar-refractivity contribution in [2.75, 3.05) is 6.61 Å². The van der Waals surface area contributed by atoms with Gasteiger partial charge in [-0.25, -0.2) is 4.79 Å². The van der Waals surface area contributed by atoms with E-state index in [0.29, 0.717) is 0 Å². The summed E-state index contributed by atoms with van der Waals surface area (Å²) in [6.07, 6.45) is -0.883. The summed E-state index contributed by atoms with van der Waals surface area (Å²) in [5, 5.41) is 17.8. The minimum atomic E-state index is -0.883. The highest BCUT2D eigenvalue weighted by molar-refractivity contribution is 5.08. The molecule has 0 saturated carbocycles. The van der Waals surface area contributed by atoms with Crippen LogP contribution in [0.15, 0.2) is 4.79 Å². The smallest absolute Gasteiger partial charge is 0.325 e. The van der Waals surface area contributed by atoms with Crippen LogP contribution >= 0.6 is 0 Å². The van der Waals surface area contributed by atoms with E-state index in [2.05, 4.69) is 4.98 Å². The zero-order valence-electron chi connectivity index (χ0n) is 7.74. The van der Waals surface area contributed by atoms with Crippen LogP contribution < -0.4 is 5.69 Å². The fraction of sp³-hybridized carbons (Fsp3) is 0.625. The monoisotopic (exact) mass is 186 g/mol. The van der Waals surface area contributed by atoms with Gasteiger partial charge in [0, 0.05) is 11.4 Å². The van der Waals surface area contributed by atoms with Crippen molar-refractivity contribution in [3.05, 3.63) is 21.9 Å². The standard InChI is InChI=1S/C8H14N2O3/c1-5-6(2)10(8(13)9-5)3-7(12)4-11/h7,11-12H,3-4H2,1-2H3,(H,9,13). The first-order valence-corrected chi connectivity index (χ1v) is 4.11. The predicted molar refractivity (Wildman–Crippen MR) is 47.6 cm³/mol. The highest BCUT2D eigenvalue weighted by Gasteiger charge is 2.10. The maximum atomic E-state index is 11.2. The Balaban J connectivity index is 2.94. The number of aryl methyl sites for hydroxylation is 1. The Bertz CT molecular complexity index is 340. The van der Waals surface area contributed by atoms with Crippen LogP contribution in [-0.2, 0) is 6.54 Å². The van der Waals surface area contributed by atoms with Crippen LogP contribution in [0.4, 0.5) is 0 Å². The van der Waals surface area contributed by atoms with Crippen molar-refractivity contribution >= 4 is 0 Å². The molecule has 1 rings (SSSR count). The molecule has 0 aromatic carbocycles. The third-order valence-corrected chi connectivity index (χ3v) is 2.09. The third-order valence-electron chi connectivity index (χ3n) is 2.09. The van der Waals surface area contributed by atoms with Gasteiger partial charge in [-0.1, -0.05) is 0 Å². The maximum absolute atomic E-state index is 11.2. The van der Waals surface area contributed by atoms with E-state index < -0.39 is 6.10 Å². The van der Waals surface area contributed by atoms with Gasteiger partial charge in [0.25, 0.3) is 0 Å². The van der Waals surface area contributed by atoms with E-state index >= 15 is 0 Å². The van der Waals surface area contributed by atoms with Crippen LogP contribution in [0.2, 0.25) is 0 Å². The van der Waals surface area contributed by atoms with Gasteiger partial charge in [-0.05, 0) is 13.8 Å². The number of nitrogens with one attached hydrogen (secondary N) is 1. The zero-order chi connectivity index (χ0) is 10.0. The van der Waals surface area contributed by atoms with Crippen molar-refractivity contribution in [1.82, 2.24) is 9.55 Å². The predicted octanol–water partition coefficient (Wildman–Crippen LogP) is -0.854. The minimum Gasteiger partial charge on any atom is -0.394 e. The molecule has 1 unspecified atom stereocenters. The molecular formula is C8H14N2O3. The molecule has 1 aromatic rings. The molecule has 0 spiro atoms. The van der Waals surface area contributed by atoms with Crippen molar-refractivity contribution in [3.8, 4) is 0 Å². The highest BCUT2D eigenvalue weighted by Crippen LogP contribution is 2.00. The van der Waals surface area contributed by atoms with Crippen LogP contribution in [0, 0.1) is 13.8 Å². The summed E-state index contributed by atoms with van der Waals surface area (Å²) in [6.45, 7) is 3.37. The number of nitrogens with zero attached hydrogens (tertiary/aromatic N) is 1. The molecule has 0 saturated heterocycles. The largest absolute Gasteiger partial charge is 0.394 e. The van der Waals surface area contributed by atoms with E-state index in [-0.39, 0.29) is 18.8 Å². The van der Waals surface area contributed by atoms with Gasteiger partial charge in [0.2, 0.25) is 0 Å². The van der Waals surface area contributed by atoms with Gasteiger partial charge in [0.15, 0.2) is 0 Å². The second-order valence-corrected chi connectivity index (χ2v) is 3.09. The molecule has 5 heteroatoms. The molecule has 3 N–H and O–H groups in total. The number of aliphatic hydroxyl groups is 2. The third kappa shape index (κ3) is 1.99. The maximum Gasteiger partial charge on any atom is 0.325 e. The first kappa shape index (κ1) is 10.0. The molecule has 0 radical (unpaired) electrons. The Morgan fingerprint density at radius 2 is 2.15 bits per heavy atom. The quantitative estimate of drug-likeness (QED) is 0.575. The van der Waals surface area contributed by atoms with Crippen LogP contribution in [-0.4, -0.2) is 32.5 Å². The van der Waals surface area contributed by atoms with Crippen molar-refractivity contribution in [2.45, 2.75) is 26.5 Å². The molecule has 1 atom stereocenters. The summed E-state index contributed by atoms with van der Waals surface area (Å²) in [5.74, 6) is 0. The lowest BCUT2D eigenvalue weighted by atomic mass is 10.3. The molecule has 0 aliphatic rings. The summed E-state index contributed by atoms with van der Waals surface area (Å²) >= 11 is 0. The van der Waals surface area contributed by atoms with E-state index in [1.165, 1.54) is 4.57 Å². The summed E-state index contributed by atoms with van der Waals surface area (Å²) in [5.41, 5.74) is 1.33. The van der Waals surface area contributed by atoms with E-state index in [1.54, 1.807) is 13.8 Å². The molecule has 74 valence electrons. The topological polar surface area (TPSA) is 78.2 Å². The number of aromatic amines is 1. The van der Waals surface area contributed by atoms with Crippen LogP contribution in [0.1, 0.15) is 11.4 Å². The fourth-order valence-electron chi connectivity index (χ4n) is 1.16. The molecular weight excluding hydrogens is 172 g/mol. The van der Waals surface area contributed by atoms with Gasteiger partial charge < -0.3 is 15.2 Å².